The molecule has 0 atom stereocenters. The largest absolute Gasteiger partial charge is 0.116 e. The average Bonchev–Trinajstić information content (AvgIpc) is 2.21. The zero-order valence-corrected chi connectivity index (χ0v) is 7.78. The van der Waals surface area contributed by atoms with Crippen molar-refractivity contribution in [3.8, 4) is 71.5 Å². The van der Waals surface area contributed by atoms with Crippen LogP contribution in [0.1, 0.15) is 0 Å². The third-order valence-corrected chi connectivity index (χ3v) is 0.837. The van der Waals surface area contributed by atoms with Crippen LogP contribution < -0.4 is 0 Å². The lowest BCUT2D eigenvalue weighted by Crippen LogP contribution is -1.57. The molecule has 0 aromatic heterocycles. The van der Waals surface area contributed by atoms with E-state index in [1.807, 2.05) is 7.85 Å². The van der Waals surface area contributed by atoms with E-state index >= 15 is 0 Å². The van der Waals surface area contributed by atoms with Crippen LogP contribution in [0.15, 0.2) is 0 Å². The third kappa shape index (κ3) is 9.42. The Kier molecular flexibility index (Phi) is 8.51. The molecule has 0 aliphatic rings. The first-order valence-electron chi connectivity index (χ1n) is 3.85. The lowest BCUT2D eigenvalue weighted by atomic mass is 10.1. The van der Waals surface area contributed by atoms with Crippen LogP contribution in [0.25, 0.3) is 0 Å². The van der Waals surface area contributed by atoms with E-state index in [4.69, 9.17) is 6.42 Å². The highest BCUT2D eigenvalue weighted by atomic mass is 13.6. The van der Waals surface area contributed by atoms with Gasteiger partial charge < -0.3 is 0 Å². The second-order valence-electron chi connectivity index (χ2n) is 1.80. The van der Waals surface area contributed by atoms with E-state index in [0.717, 1.165) is 6.32 Å². The number of rotatable bonds is 0. The van der Waals surface area contributed by atoms with Gasteiger partial charge in [-0.05, 0) is 65.5 Å². The fourth-order valence-electron chi connectivity index (χ4n) is 0.387. The molecule has 0 unspecified atom stereocenters. The first-order valence-corrected chi connectivity index (χ1v) is 3.85. The van der Waals surface area contributed by atoms with Crippen LogP contribution in [0.3, 0.4) is 0 Å². The predicted molar refractivity (Wildman–Crippen MR) is 61.1 cm³/mol. The molecule has 0 N–H and O–H groups in total. The van der Waals surface area contributed by atoms with Crippen molar-refractivity contribution in [2.24, 2.45) is 0 Å². The number of terminal acetylenes is 1. The van der Waals surface area contributed by atoms with E-state index < -0.39 is 0 Å². The zero-order valence-electron chi connectivity index (χ0n) is 7.78. The summed E-state index contributed by atoms with van der Waals surface area (Å²) in [6, 6.07) is 0. The van der Waals surface area contributed by atoms with Gasteiger partial charge in [-0.1, -0.05) is 5.92 Å². The summed E-state index contributed by atoms with van der Waals surface area (Å²) < 4.78 is 0. The quantitative estimate of drug-likeness (QED) is 0.347. The van der Waals surface area contributed by atoms with Gasteiger partial charge in [-0.15, -0.1) is 6.42 Å². The average molecular weight is 172 g/mol. The Morgan fingerprint density at radius 3 is 1.57 bits per heavy atom. The minimum Gasteiger partial charge on any atom is -0.106 e. The van der Waals surface area contributed by atoms with Gasteiger partial charge in [0.25, 0.3) is 0 Å². The standard InChI is InChI=1S/C13H5B/c1-2-3-4-5-6-7-8-9-10-11-12-13-14/h1H,13-14H2. The van der Waals surface area contributed by atoms with E-state index in [1.165, 1.54) is 0 Å². The maximum atomic E-state index is 4.87. The Morgan fingerprint density at radius 1 is 0.714 bits per heavy atom. The highest BCUT2D eigenvalue weighted by molar-refractivity contribution is 6.10. The van der Waals surface area contributed by atoms with Crippen molar-refractivity contribution in [3.63, 3.8) is 0 Å². The normalized spacial score (nSPS) is 4.21. The topological polar surface area (TPSA) is 0 Å². The molecule has 1 heteroatoms. The lowest BCUT2D eigenvalue weighted by molar-refractivity contribution is 1.88. The van der Waals surface area contributed by atoms with Crippen molar-refractivity contribution >= 4 is 7.85 Å². The second-order valence-corrected chi connectivity index (χ2v) is 1.80. The van der Waals surface area contributed by atoms with E-state index in [9.17, 15) is 0 Å². The summed E-state index contributed by atoms with van der Waals surface area (Å²) in [6.45, 7) is 0. The molecule has 0 nitrogen and oxygen atoms in total. The van der Waals surface area contributed by atoms with Crippen LogP contribution in [-0.4, -0.2) is 7.85 Å². The van der Waals surface area contributed by atoms with Crippen LogP contribution in [-0.2, 0) is 0 Å². The van der Waals surface area contributed by atoms with Crippen molar-refractivity contribution in [1.29, 1.82) is 0 Å². The zero-order chi connectivity index (χ0) is 10.5. The summed E-state index contributed by atoms with van der Waals surface area (Å²) in [7, 11) is 1.95. The number of hydrogen-bond donors (Lipinski definition) is 0. The first kappa shape index (κ1) is 11.4. The highest BCUT2D eigenvalue weighted by Crippen LogP contribution is 1.61. The molecule has 0 radical (unpaired) electrons. The molecule has 0 aromatic carbocycles. The molecule has 0 fully saturated rings. The van der Waals surface area contributed by atoms with E-state index in [-0.39, 0.29) is 0 Å². The van der Waals surface area contributed by atoms with Gasteiger partial charge in [-0.3, -0.25) is 0 Å². The van der Waals surface area contributed by atoms with Crippen LogP contribution >= 0.6 is 0 Å². The van der Waals surface area contributed by atoms with Gasteiger partial charge in [0.2, 0.25) is 0 Å². The predicted octanol–water partition coefficient (Wildman–Crippen LogP) is -0.312. The van der Waals surface area contributed by atoms with Gasteiger partial charge in [0.05, 0.1) is 0 Å². The maximum absolute atomic E-state index is 4.87. The fraction of sp³-hybridized carbons (Fsp3) is 0.0769. The second kappa shape index (κ2) is 10.4. The molecule has 0 saturated carbocycles. The summed E-state index contributed by atoms with van der Waals surface area (Å²) in [5.74, 6) is 27.4. The lowest BCUT2D eigenvalue weighted by Gasteiger charge is -1.59. The van der Waals surface area contributed by atoms with Crippen molar-refractivity contribution in [2.75, 3.05) is 0 Å². The SMILES string of the molecule is BCC#CC#CC#CC#CC#CC#C. The van der Waals surface area contributed by atoms with Crippen molar-refractivity contribution in [2.45, 2.75) is 6.32 Å². The molecule has 0 heterocycles. The summed E-state index contributed by atoms with van der Waals surface area (Å²) in [4.78, 5) is 0. The van der Waals surface area contributed by atoms with Crippen LogP contribution in [0.5, 0.6) is 0 Å². The van der Waals surface area contributed by atoms with E-state index in [2.05, 4.69) is 65.1 Å². The molecule has 60 valence electrons. The third-order valence-electron chi connectivity index (χ3n) is 0.837. The molecular weight excluding hydrogens is 167 g/mol. The Morgan fingerprint density at radius 2 is 1.14 bits per heavy atom. The molecule has 0 bridgehead atoms. The van der Waals surface area contributed by atoms with Gasteiger partial charge in [-0.25, -0.2) is 0 Å². The molecule has 0 rings (SSSR count). The van der Waals surface area contributed by atoms with Crippen molar-refractivity contribution in [3.05, 3.63) is 0 Å². The summed E-state index contributed by atoms with van der Waals surface area (Å²) in [5, 5.41) is 0. The number of hydrogen-bond acceptors (Lipinski definition) is 0. The van der Waals surface area contributed by atoms with Crippen LogP contribution in [0.2, 0.25) is 6.32 Å². The van der Waals surface area contributed by atoms with Crippen molar-refractivity contribution in [1.82, 2.24) is 0 Å². The van der Waals surface area contributed by atoms with Gasteiger partial charge in [0.1, 0.15) is 7.85 Å². The monoisotopic (exact) mass is 172 g/mol. The van der Waals surface area contributed by atoms with E-state index in [1.54, 1.807) is 0 Å². The first-order chi connectivity index (χ1) is 6.91. The van der Waals surface area contributed by atoms with Gasteiger partial charge in [0.15, 0.2) is 0 Å². The molecule has 0 aliphatic heterocycles. The Balaban J connectivity index is 4.11. The summed E-state index contributed by atoms with van der Waals surface area (Å²) >= 11 is 0. The van der Waals surface area contributed by atoms with Crippen molar-refractivity contribution < 1.29 is 0 Å². The molecule has 0 aliphatic carbocycles. The van der Waals surface area contributed by atoms with Crippen LogP contribution in [0, 0.1) is 71.5 Å². The molecule has 0 amide bonds. The molecule has 0 aromatic rings. The minimum absolute atomic E-state index is 0.795. The van der Waals surface area contributed by atoms with E-state index in [0.29, 0.717) is 0 Å². The Bertz CT molecular complexity index is 517. The smallest absolute Gasteiger partial charge is 0.106 e. The molecule has 14 heavy (non-hydrogen) atoms. The Labute approximate surface area is 86.3 Å². The molecular formula is C13H5B. The van der Waals surface area contributed by atoms with Gasteiger partial charge in [-0.2, -0.15) is 0 Å². The minimum atomic E-state index is 0.795. The Hall–Kier alpha value is -2.58. The fourth-order valence-corrected chi connectivity index (χ4v) is 0.387. The highest BCUT2D eigenvalue weighted by Gasteiger charge is 1.57. The molecule has 0 spiro atoms. The molecule has 0 saturated heterocycles. The summed E-state index contributed by atoms with van der Waals surface area (Å²) in [6.07, 6.45) is 5.67. The van der Waals surface area contributed by atoms with Gasteiger partial charge >= 0.3 is 0 Å². The maximum Gasteiger partial charge on any atom is 0.116 e. The summed E-state index contributed by atoms with van der Waals surface area (Å²) in [5.41, 5.74) is 0. The van der Waals surface area contributed by atoms with Gasteiger partial charge in [0, 0.05) is 0 Å². The van der Waals surface area contributed by atoms with Crippen LogP contribution in [0.4, 0.5) is 0 Å².